The molecule has 0 saturated heterocycles. The molecule has 0 unspecified atom stereocenters. The van der Waals surface area contributed by atoms with Gasteiger partial charge in [0.25, 0.3) is 0 Å². The molecular formula is C14H19N3O2. The molecule has 0 atom stereocenters. The number of benzene rings is 1. The van der Waals surface area contributed by atoms with Crippen LogP contribution in [0.1, 0.15) is 12.5 Å². The van der Waals surface area contributed by atoms with E-state index in [9.17, 15) is 0 Å². The Bertz CT molecular complexity index is 501. The summed E-state index contributed by atoms with van der Waals surface area (Å²) in [6, 6.07) is 5.64. The zero-order chi connectivity index (χ0) is 14.1. The Kier molecular flexibility index (Phi) is 6.10. The minimum absolute atomic E-state index is 0.373. The smallest absolute Gasteiger partial charge is 0.189 e. The molecule has 0 radical (unpaired) electrons. The fourth-order valence-electron chi connectivity index (χ4n) is 1.43. The van der Waals surface area contributed by atoms with Crippen LogP contribution >= 0.6 is 0 Å². The molecule has 0 aliphatic heterocycles. The van der Waals surface area contributed by atoms with Crippen molar-refractivity contribution in [3.8, 4) is 23.3 Å². The van der Waals surface area contributed by atoms with E-state index in [2.05, 4.69) is 22.2 Å². The molecule has 1 aromatic rings. The number of guanidine groups is 1. The van der Waals surface area contributed by atoms with Gasteiger partial charge in [-0.2, -0.15) is 0 Å². The third kappa shape index (κ3) is 4.80. The predicted molar refractivity (Wildman–Crippen MR) is 76.3 cm³/mol. The number of ether oxygens (including phenoxy) is 2. The highest BCUT2D eigenvalue weighted by Crippen LogP contribution is 2.27. The molecule has 1 rings (SSSR count). The summed E-state index contributed by atoms with van der Waals surface area (Å²) in [5.41, 5.74) is 6.69. The van der Waals surface area contributed by atoms with Crippen LogP contribution in [0.15, 0.2) is 23.2 Å². The summed E-state index contributed by atoms with van der Waals surface area (Å²) in [7, 11) is 3.20. The fraction of sp³-hybridized carbons (Fsp3) is 0.357. The number of nitrogens with zero attached hydrogens (tertiary/aromatic N) is 1. The summed E-state index contributed by atoms with van der Waals surface area (Å²) in [4.78, 5) is 4.22. The SMILES string of the molecule is CC#CCNC(N)=NCc1ccc(OC)c(OC)c1. The van der Waals surface area contributed by atoms with Crippen LogP contribution in [0.3, 0.4) is 0 Å². The van der Waals surface area contributed by atoms with Crippen molar-refractivity contribution in [1.29, 1.82) is 0 Å². The van der Waals surface area contributed by atoms with Gasteiger partial charge in [-0.05, 0) is 24.6 Å². The zero-order valence-electron chi connectivity index (χ0n) is 11.5. The monoisotopic (exact) mass is 261 g/mol. The number of nitrogens with two attached hydrogens (primary N) is 1. The minimum atomic E-state index is 0.373. The van der Waals surface area contributed by atoms with E-state index in [0.717, 1.165) is 5.56 Å². The van der Waals surface area contributed by atoms with Gasteiger partial charge in [0.15, 0.2) is 17.5 Å². The summed E-state index contributed by atoms with van der Waals surface area (Å²) in [5, 5.41) is 2.90. The first-order valence-electron chi connectivity index (χ1n) is 5.85. The lowest BCUT2D eigenvalue weighted by molar-refractivity contribution is 0.354. The van der Waals surface area contributed by atoms with E-state index in [1.54, 1.807) is 21.1 Å². The molecule has 0 aliphatic rings. The molecule has 0 amide bonds. The summed E-state index contributed by atoms with van der Waals surface area (Å²) in [6.45, 7) is 2.75. The van der Waals surface area contributed by atoms with Gasteiger partial charge in [-0.15, -0.1) is 5.92 Å². The lowest BCUT2D eigenvalue weighted by Crippen LogP contribution is -2.31. The van der Waals surface area contributed by atoms with Gasteiger partial charge in [0.2, 0.25) is 0 Å². The molecule has 5 nitrogen and oxygen atoms in total. The van der Waals surface area contributed by atoms with Gasteiger partial charge >= 0.3 is 0 Å². The predicted octanol–water partition coefficient (Wildman–Crippen LogP) is 1.13. The highest BCUT2D eigenvalue weighted by Gasteiger charge is 2.03. The number of hydrogen-bond acceptors (Lipinski definition) is 3. The van der Waals surface area contributed by atoms with Crippen LogP contribution in [0.5, 0.6) is 11.5 Å². The van der Waals surface area contributed by atoms with Crippen LogP contribution in [0.4, 0.5) is 0 Å². The third-order valence-electron chi connectivity index (χ3n) is 2.41. The number of rotatable bonds is 5. The van der Waals surface area contributed by atoms with Crippen molar-refractivity contribution >= 4 is 5.96 Å². The maximum Gasteiger partial charge on any atom is 0.189 e. The third-order valence-corrected chi connectivity index (χ3v) is 2.41. The van der Waals surface area contributed by atoms with Gasteiger partial charge in [-0.3, -0.25) is 0 Å². The van der Waals surface area contributed by atoms with E-state index in [1.807, 2.05) is 18.2 Å². The van der Waals surface area contributed by atoms with Crippen molar-refractivity contribution < 1.29 is 9.47 Å². The highest BCUT2D eigenvalue weighted by molar-refractivity contribution is 5.78. The Labute approximate surface area is 113 Å². The Morgan fingerprint density at radius 2 is 2.05 bits per heavy atom. The maximum absolute atomic E-state index is 5.70. The van der Waals surface area contributed by atoms with E-state index >= 15 is 0 Å². The number of methoxy groups -OCH3 is 2. The number of aliphatic imine (C=N–C) groups is 1. The molecule has 0 spiro atoms. The van der Waals surface area contributed by atoms with E-state index in [-0.39, 0.29) is 0 Å². The van der Waals surface area contributed by atoms with Crippen molar-refractivity contribution in [3.63, 3.8) is 0 Å². The average Bonchev–Trinajstić information content (AvgIpc) is 2.45. The van der Waals surface area contributed by atoms with Gasteiger partial charge in [0.1, 0.15) is 0 Å². The van der Waals surface area contributed by atoms with E-state index in [0.29, 0.717) is 30.5 Å². The Morgan fingerprint density at radius 3 is 2.68 bits per heavy atom. The largest absolute Gasteiger partial charge is 0.493 e. The lowest BCUT2D eigenvalue weighted by Gasteiger charge is -2.08. The molecule has 0 aromatic heterocycles. The molecule has 3 N–H and O–H groups in total. The Balaban J connectivity index is 2.66. The Hall–Kier alpha value is -2.35. The second-order valence-electron chi connectivity index (χ2n) is 3.67. The quantitative estimate of drug-likeness (QED) is 0.473. The number of nitrogens with one attached hydrogen (secondary N) is 1. The zero-order valence-corrected chi connectivity index (χ0v) is 11.5. The van der Waals surface area contributed by atoms with E-state index in [4.69, 9.17) is 15.2 Å². The summed E-state index contributed by atoms with van der Waals surface area (Å²) < 4.78 is 10.4. The van der Waals surface area contributed by atoms with Gasteiger partial charge < -0.3 is 20.5 Å². The Morgan fingerprint density at radius 1 is 1.32 bits per heavy atom. The van der Waals surface area contributed by atoms with Gasteiger partial charge in [0, 0.05) is 0 Å². The van der Waals surface area contributed by atoms with Gasteiger partial charge in [0.05, 0.1) is 27.3 Å². The van der Waals surface area contributed by atoms with Crippen molar-refractivity contribution in [3.05, 3.63) is 23.8 Å². The first-order chi connectivity index (χ1) is 9.21. The minimum Gasteiger partial charge on any atom is -0.493 e. The normalized spacial score (nSPS) is 10.4. The molecule has 1 aromatic carbocycles. The first-order valence-corrected chi connectivity index (χ1v) is 5.85. The van der Waals surface area contributed by atoms with Gasteiger partial charge in [-0.1, -0.05) is 12.0 Å². The molecule has 0 saturated carbocycles. The van der Waals surface area contributed by atoms with Crippen LogP contribution in [0.2, 0.25) is 0 Å². The van der Waals surface area contributed by atoms with Crippen molar-refractivity contribution in [2.75, 3.05) is 20.8 Å². The fourth-order valence-corrected chi connectivity index (χ4v) is 1.43. The topological polar surface area (TPSA) is 68.9 Å². The molecule has 0 aliphatic carbocycles. The second-order valence-corrected chi connectivity index (χ2v) is 3.67. The summed E-state index contributed by atoms with van der Waals surface area (Å²) in [5.74, 6) is 7.37. The molecular weight excluding hydrogens is 242 g/mol. The van der Waals surface area contributed by atoms with Crippen LogP contribution in [-0.4, -0.2) is 26.7 Å². The standard InChI is InChI=1S/C14H19N3O2/c1-4-5-8-16-14(15)17-10-11-6-7-12(18-2)13(9-11)19-3/h6-7,9H,8,10H2,1-3H3,(H3,15,16,17). The molecule has 0 heterocycles. The average molecular weight is 261 g/mol. The highest BCUT2D eigenvalue weighted by atomic mass is 16.5. The summed E-state index contributed by atoms with van der Waals surface area (Å²) >= 11 is 0. The van der Waals surface area contributed by atoms with E-state index < -0.39 is 0 Å². The second kappa shape index (κ2) is 7.88. The first kappa shape index (κ1) is 14.7. The molecule has 0 fully saturated rings. The lowest BCUT2D eigenvalue weighted by atomic mass is 10.2. The molecule has 102 valence electrons. The van der Waals surface area contributed by atoms with Crippen molar-refractivity contribution in [1.82, 2.24) is 5.32 Å². The van der Waals surface area contributed by atoms with E-state index in [1.165, 1.54) is 0 Å². The molecule has 5 heteroatoms. The molecule has 0 bridgehead atoms. The van der Waals surface area contributed by atoms with Gasteiger partial charge in [-0.25, -0.2) is 4.99 Å². The van der Waals surface area contributed by atoms with Crippen LogP contribution in [0, 0.1) is 11.8 Å². The number of hydrogen-bond donors (Lipinski definition) is 2. The van der Waals surface area contributed by atoms with Crippen molar-refractivity contribution in [2.45, 2.75) is 13.5 Å². The van der Waals surface area contributed by atoms with Crippen LogP contribution in [0.25, 0.3) is 0 Å². The summed E-state index contributed by atoms with van der Waals surface area (Å²) in [6.07, 6.45) is 0. The van der Waals surface area contributed by atoms with Crippen LogP contribution < -0.4 is 20.5 Å². The van der Waals surface area contributed by atoms with Crippen molar-refractivity contribution in [2.24, 2.45) is 10.7 Å². The maximum atomic E-state index is 5.70. The van der Waals surface area contributed by atoms with Crippen LogP contribution in [-0.2, 0) is 6.54 Å². The molecule has 19 heavy (non-hydrogen) atoms.